The van der Waals surface area contributed by atoms with Gasteiger partial charge in [0.15, 0.2) is 5.82 Å². The highest BCUT2D eigenvalue weighted by atomic mass is 16.1. The molecule has 182 valence electrons. The Morgan fingerprint density at radius 3 is 2.33 bits per heavy atom. The molecule has 0 atom stereocenters. The second kappa shape index (κ2) is 10.9. The second-order valence-corrected chi connectivity index (χ2v) is 8.54. The molecule has 1 aromatic carbocycles. The van der Waals surface area contributed by atoms with Crippen LogP contribution in [0.25, 0.3) is 11.5 Å². The van der Waals surface area contributed by atoms with Gasteiger partial charge in [-0.2, -0.15) is 4.98 Å². The second-order valence-electron chi connectivity index (χ2n) is 8.54. The first-order valence-electron chi connectivity index (χ1n) is 11.9. The molecule has 4 N–H and O–H groups in total. The Bertz CT molecular complexity index is 1340. The molecule has 10 heteroatoms. The van der Waals surface area contributed by atoms with Crippen LogP contribution >= 0.6 is 0 Å². The molecule has 10 nitrogen and oxygen atoms in total. The van der Waals surface area contributed by atoms with E-state index in [9.17, 15) is 4.79 Å². The average molecular weight is 482 g/mol. The lowest BCUT2D eigenvalue weighted by atomic mass is 9.97. The molecule has 1 saturated heterocycles. The molecule has 4 aromatic rings. The normalized spacial score (nSPS) is 13.7. The highest BCUT2D eigenvalue weighted by Gasteiger charge is 2.20. The van der Waals surface area contributed by atoms with Gasteiger partial charge in [0.2, 0.25) is 11.9 Å². The summed E-state index contributed by atoms with van der Waals surface area (Å²) in [4.78, 5) is 34.7. The molecule has 4 heterocycles. The highest BCUT2D eigenvalue weighted by molar-refractivity contribution is 5.92. The summed E-state index contributed by atoms with van der Waals surface area (Å²) in [6, 6.07) is 16.8. The molecule has 36 heavy (non-hydrogen) atoms. The molecule has 0 bridgehead atoms. The Labute approximate surface area is 209 Å². The van der Waals surface area contributed by atoms with Gasteiger partial charge in [-0.25, -0.2) is 19.9 Å². The number of piperidine rings is 1. The fraction of sp³-hybridized carbons (Fsp3) is 0.231. The number of rotatable bonds is 7. The van der Waals surface area contributed by atoms with Crippen molar-refractivity contribution in [3.63, 3.8) is 0 Å². The van der Waals surface area contributed by atoms with E-state index in [1.165, 1.54) is 0 Å². The van der Waals surface area contributed by atoms with Gasteiger partial charge in [0.1, 0.15) is 17.3 Å². The van der Waals surface area contributed by atoms with Crippen LogP contribution in [0.2, 0.25) is 0 Å². The first kappa shape index (κ1) is 23.3. The van der Waals surface area contributed by atoms with Crippen LogP contribution in [0, 0.1) is 12.8 Å². The smallest absolute Gasteiger partial charge is 0.229 e. The van der Waals surface area contributed by atoms with Gasteiger partial charge >= 0.3 is 0 Å². The lowest BCUT2D eigenvalue weighted by molar-refractivity contribution is -0.120. The van der Waals surface area contributed by atoms with Crippen LogP contribution in [0.5, 0.6) is 0 Å². The van der Waals surface area contributed by atoms with Crippen LogP contribution in [0.4, 0.5) is 29.0 Å². The summed E-state index contributed by atoms with van der Waals surface area (Å²) < 4.78 is 0. The quantitative estimate of drug-likeness (QED) is 0.309. The molecule has 0 saturated carbocycles. The number of nitrogens with zero attached hydrogens (tertiary/aromatic N) is 5. The molecule has 0 aliphatic carbocycles. The summed E-state index contributed by atoms with van der Waals surface area (Å²) in [5, 5.41) is 12.7. The Morgan fingerprint density at radius 1 is 0.833 bits per heavy atom. The number of carbonyl (C=O) groups excluding carboxylic acids is 1. The molecule has 1 aliphatic heterocycles. The van der Waals surface area contributed by atoms with E-state index in [1.807, 2.05) is 49.4 Å². The Hall–Kier alpha value is -4.44. The van der Waals surface area contributed by atoms with Gasteiger partial charge < -0.3 is 21.3 Å². The molecule has 3 aromatic heterocycles. The summed E-state index contributed by atoms with van der Waals surface area (Å²) in [6.45, 7) is 3.70. The van der Waals surface area contributed by atoms with Gasteiger partial charge in [-0.05, 0) is 81.4 Å². The topological polar surface area (TPSA) is 130 Å². The van der Waals surface area contributed by atoms with Crippen molar-refractivity contribution in [3.8, 4) is 11.5 Å². The third-order valence-corrected chi connectivity index (χ3v) is 5.80. The molecule has 1 amide bonds. The maximum absolute atomic E-state index is 12.5. The zero-order valence-electron chi connectivity index (χ0n) is 19.9. The van der Waals surface area contributed by atoms with Gasteiger partial charge in [0.05, 0.1) is 0 Å². The van der Waals surface area contributed by atoms with E-state index in [0.717, 1.165) is 43.0 Å². The van der Waals surface area contributed by atoms with Crippen molar-refractivity contribution < 1.29 is 4.79 Å². The van der Waals surface area contributed by atoms with Crippen molar-refractivity contribution >= 4 is 34.9 Å². The third-order valence-electron chi connectivity index (χ3n) is 5.80. The molecule has 1 aliphatic rings. The van der Waals surface area contributed by atoms with E-state index in [2.05, 4.69) is 46.2 Å². The summed E-state index contributed by atoms with van der Waals surface area (Å²) in [5.41, 5.74) is 3.18. The zero-order chi connectivity index (χ0) is 24.7. The molecule has 0 unspecified atom stereocenters. The van der Waals surface area contributed by atoms with E-state index < -0.39 is 0 Å². The van der Waals surface area contributed by atoms with Gasteiger partial charge in [-0.1, -0.05) is 6.07 Å². The Morgan fingerprint density at radius 2 is 1.56 bits per heavy atom. The van der Waals surface area contributed by atoms with E-state index >= 15 is 0 Å². The van der Waals surface area contributed by atoms with Crippen LogP contribution in [0.15, 0.2) is 67.0 Å². The van der Waals surface area contributed by atoms with Gasteiger partial charge in [0.25, 0.3) is 0 Å². The average Bonchev–Trinajstić information content (AvgIpc) is 2.91. The largest absolute Gasteiger partial charge is 0.326 e. The summed E-state index contributed by atoms with van der Waals surface area (Å²) in [6.07, 6.45) is 5.08. The zero-order valence-corrected chi connectivity index (χ0v) is 19.9. The molecular weight excluding hydrogens is 454 g/mol. The van der Waals surface area contributed by atoms with Gasteiger partial charge in [-0.15, -0.1) is 0 Å². The number of hydrogen-bond donors (Lipinski definition) is 4. The Kier molecular flexibility index (Phi) is 7.04. The predicted octanol–water partition coefficient (Wildman–Crippen LogP) is 4.06. The fourth-order valence-corrected chi connectivity index (χ4v) is 3.93. The monoisotopic (exact) mass is 481 g/mol. The number of nitrogens with one attached hydrogen (secondary N) is 4. The van der Waals surface area contributed by atoms with Crippen molar-refractivity contribution in [2.45, 2.75) is 19.8 Å². The Balaban J connectivity index is 1.22. The standard InChI is InChI=1S/C26H27N9O/c1-17-3-2-4-21(30-17)24-28-15-11-22(34-24)33-23-12-16-29-26(35-23)32-20-7-5-19(6-8-20)31-25(36)18-9-13-27-14-10-18/h2-8,11-12,15-16,18,27H,9-10,13-14H2,1H3,(H,31,36)(H2,28,29,32,33,34,35). The first-order valence-corrected chi connectivity index (χ1v) is 11.9. The minimum absolute atomic E-state index is 0.0618. The number of hydrogen-bond acceptors (Lipinski definition) is 9. The SMILES string of the molecule is Cc1cccc(-c2nccc(Nc3ccnc(Nc4ccc(NC(=O)C5CCNCC5)cc4)n3)n2)n1. The molecule has 0 radical (unpaired) electrons. The number of pyridine rings is 1. The number of amides is 1. The van der Waals surface area contributed by atoms with E-state index in [1.54, 1.807) is 24.5 Å². The van der Waals surface area contributed by atoms with E-state index in [-0.39, 0.29) is 11.8 Å². The fourth-order valence-electron chi connectivity index (χ4n) is 3.93. The number of aromatic nitrogens is 5. The van der Waals surface area contributed by atoms with Crippen LogP contribution in [-0.2, 0) is 4.79 Å². The summed E-state index contributed by atoms with van der Waals surface area (Å²) >= 11 is 0. The van der Waals surface area contributed by atoms with Gasteiger partial charge in [0, 0.05) is 35.4 Å². The van der Waals surface area contributed by atoms with Gasteiger partial charge in [-0.3, -0.25) is 4.79 Å². The molecule has 5 rings (SSSR count). The van der Waals surface area contributed by atoms with Crippen molar-refractivity contribution in [2.24, 2.45) is 5.92 Å². The van der Waals surface area contributed by atoms with Crippen LogP contribution < -0.4 is 21.3 Å². The van der Waals surface area contributed by atoms with Crippen molar-refractivity contribution in [2.75, 3.05) is 29.0 Å². The third kappa shape index (κ3) is 5.97. The maximum atomic E-state index is 12.5. The number of carbonyl (C=O) groups is 1. The van der Waals surface area contributed by atoms with Crippen LogP contribution in [-0.4, -0.2) is 43.9 Å². The lowest BCUT2D eigenvalue weighted by Crippen LogP contribution is -2.34. The summed E-state index contributed by atoms with van der Waals surface area (Å²) in [5.74, 6) is 2.28. The predicted molar refractivity (Wildman–Crippen MR) is 139 cm³/mol. The molecular formula is C26H27N9O. The minimum Gasteiger partial charge on any atom is -0.326 e. The van der Waals surface area contributed by atoms with Crippen molar-refractivity contribution in [1.29, 1.82) is 0 Å². The molecule has 1 fully saturated rings. The lowest BCUT2D eigenvalue weighted by Gasteiger charge is -2.21. The number of benzene rings is 1. The van der Waals surface area contributed by atoms with E-state index in [0.29, 0.717) is 29.1 Å². The van der Waals surface area contributed by atoms with Crippen LogP contribution in [0.3, 0.4) is 0 Å². The summed E-state index contributed by atoms with van der Waals surface area (Å²) in [7, 11) is 0. The van der Waals surface area contributed by atoms with Crippen molar-refractivity contribution in [3.05, 3.63) is 72.7 Å². The number of anilines is 5. The van der Waals surface area contributed by atoms with Crippen LogP contribution in [0.1, 0.15) is 18.5 Å². The van der Waals surface area contributed by atoms with E-state index in [4.69, 9.17) is 0 Å². The maximum Gasteiger partial charge on any atom is 0.229 e. The minimum atomic E-state index is 0.0618. The first-order chi connectivity index (χ1) is 17.6. The highest BCUT2D eigenvalue weighted by Crippen LogP contribution is 2.21. The number of aryl methyl sites for hydroxylation is 1. The van der Waals surface area contributed by atoms with Crippen molar-refractivity contribution in [1.82, 2.24) is 30.2 Å². The molecule has 0 spiro atoms.